The van der Waals surface area contributed by atoms with Gasteiger partial charge in [0, 0.05) is 51.1 Å². The molecule has 2 aliphatic rings. The van der Waals surface area contributed by atoms with Gasteiger partial charge in [0.05, 0.1) is 16.6 Å². The van der Waals surface area contributed by atoms with E-state index in [0.717, 1.165) is 44.6 Å². The number of hydrogen-bond acceptors (Lipinski definition) is 5. The normalized spacial score (nSPS) is 18.4. The Hall–Kier alpha value is -3.18. The molecule has 204 valence electrons. The van der Waals surface area contributed by atoms with Crippen molar-refractivity contribution in [1.29, 1.82) is 0 Å². The molecule has 11 heteroatoms. The number of amides is 1. The minimum Gasteiger partial charge on any atom is -0.364 e. The van der Waals surface area contributed by atoms with Crippen LogP contribution in [-0.2, 0) is 29.0 Å². The van der Waals surface area contributed by atoms with Gasteiger partial charge in [0.25, 0.3) is 0 Å². The second-order valence-corrected chi connectivity index (χ2v) is 10.2. The van der Waals surface area contributed by atoms with E-state index < -0.39 is 17.4 Å². The molecular weight excluding hydrogens is 499 g/mol. The topological polar surface area (TPSA) is 72.6 Å². The Labute approximate surface area is 218 Å². The number of hydrogen-bond donors (Lipinski definition) is 0. The highest BCUT2D eigenvalue weighted by molar-refractivity contribution is 5.79. The molecule has 1 aromatic carbocycles. The third-order valence-electron chi connectivity index (χ3n) is 7.78. The van der Waals surface area contributed by atoms with Crippen LogP contribution in [0.25, 0.3) is 11.0 Å². The molecule has 0 aliphatic carbocycles. The molecule has 2 saturated heterocycles. The van der Waals surface area contributed by atoms with E-state index >= 15 is 0 Å². The number of nitrogens with zero attached hydrogens (tertiary/aromatic N) is 5. The number of ether oxygens (including phenoxy) is 1. The van der Waals surface area contributed by atoms with Gasteiger partial charge in [0.2, 0.25) is 5.91 Å². The smallest absolute Gasteiger partial charge is 0.364 e. The SMILES string of the molecule is COCn1c(=O)n(C2CCN(C(=O)C3CCN(Cc4ccncc4)CC3)CC2)c2ccc(C(F)(F)F)cc21. The Balaban J connectivity index is 1.24. The van der Waals surface area contributed by atoms with Crippen molar-refractivity contribution in [2.45, 2.75) is 51.2 Å². The number of methoxy groups -OCH3 is 1. The number of alkyl halides is 3. The zero-order chi connectivity index (χ0) is 26.9. The second kappa shape index (κ2) is 10.9. The lowest BCUT2D eigenvalue weighted by atomic mass is 9.93. The number of carbonyl (C=O) groups excluding carboxylic acids is 1. The Kier molecular flexibility index (Phi) is 7.58. The number of imidazole rings is 1. The Bertz CT molecular complexity index is 1320. The molecule has 0 unspecified atom stereocenters. The number of likely N-dealkylation sites (tertiary alicyclic amines) is 2. The highest BCUT2D eigenvalue weighted by Crippen LogP contribution is 2.33. The Morgan fingerprint density at radius 2 is 1.68 bits per heavy atom. The minimum absolute atomic E-state index is 0.00707. The van der Waals surface area contributed by atoms with Crippen LogP contribution in [-0.4, -0.2) is 63.1 Å². The fraction of sp³-hybridized carbons (Fsp3) is 0.519. The lowest BCUT2D eigenvalue weighted by molar-refractivity contribution is -0.138. The van der Waals surface area contributed by atoms with E-state index in [1.807, 2.05) is 17.0 Å². The Morgan fingerprint density at radius 1 is 1.00 bits per heavy atom. The van der Waals surface area contributed by atoms with Gasteiger partial charge in [0.1, 0.15) is 6.73 Å². The van der Waals surface area contributed by atoms with Crippen LogP contribution in [0, 0.1) is 5.92 Å². The first-order valence-corrected chi connectivity index (χ1v) is 13.0. The van der Waals surface area contributed by atoms with E-state index in [1.165, 1.54) is 23.3 Å². The average Bonchev–Trinajstić information content (AvgIpc) is 3.19. The van der Waals surface area contributed by atoms with Crippen molar-refractivity contribution in [1.82, 2.24) is 23.9 Å². The first-order chi connectivity index (χ1) is 18.3. The summed E-state index contributed by atoms with van der Waals surface area (Å²) in [5, 5.41) is 0. The molecule has 0 spiro atoms. The molecule has 0 radical (unpaired) electrons. The van der Waals surface area contributed by atoms with Crippen LogP contribution < -0.4 is 5.69 Å². The van der Waals surface area contributed by atoms with Crippen molar-refractivity contribution in [2.75, 3.05) is 33.3 Å². The van der Waals surface area contributed by atoms with Gasteiger partial charge in [0.15, 0.2) is 0 Å². The quantitative estimate of drug-likeness (QED) is 0.483. The van der Waals surface area contributed by atoms with Crippen LogP contribution in [0.1, 0.15) is 42.9 Å². The molecule has 5 rings (SSSR count). The lowest BCUT2D eigenvalue weighted by Crippen LogP contribution is -2.46. The molecule has 0 atom stereocenters. The zero-order valence-corrected chi connectivity index (χ0v) is 21.4. The summed E-state index contributed by atoms with van der Waals surface area (Å²) >= 11 is 0. The van der Waals surface area contributed by atoms with Gasteiger partial charge in [-0.05, 0) is 74.7 Å². The summed E-state index contributed by atoms with van der Waals surface area (Å²) < 4.78 is 47.9. The largest absolute Gasteiger partial charge is 0.416 e. The number of rotatable bonds is 6. The molecule has 2 fully saturated rings. The summed E-state index contributed by atoms with van der Waals surface area (Å²) in [4.78, 5) is 34.8. The summed E-state index contributed by atoms with van der Waals surface area (Å²) in [7, 11) is 1.40. The number of fused-ring (bicyclic) bond motifs is 1. The summed E-state index contributed by atoms with van der Waals surface area (Å²) in [6.07, 6.45) is 1.84. The predicted molar refractivity (Wildman–Crippen MR) is 135 cm³/mol. The summed E-state index contributed by atoms with van der Waals surface area (Å²) in [6, 6.07) is 7.19. The molecule has 1 amide bonds. The van der Waals surface area contributed by atoms with Crippen LogP contribution in [0.3, 0.4) is 0 Å². The van der Waals surface area contributed by atoms with Gasteiger partial charge in [-0.25, -0.2) is 4.79 Å². The second-order valence-electron chi connectivity index (χ2n) is 10.2. The molecule has 0 saturated carbocycles. The number of halogens is 3. The standard InChI is InChI=1S/C27H32F3N5O3/c1-38-18-34-24-16-21(27(28,29)30)2-3-23(24)35(26(34)37)22-8-14-33(15-9-22)25(36)20-6-12-32(13-7-20)17-19-4-10-31-11-5-19/h2-5,10-11,16,20,22H,6-9,12-15,17-18H2,1H3. The molecule has 2 aromatic heterocycles. The maximum absolute atomic E-state index is 13.3. The van der Waals surface area contributed by atoms with Crippen molar-refractivity contribution in [3.05, 3.63) is 64.3 Å². The van der Waals surface area contributed by atoms with Gasteiger partial charge in [-0.15, -0.1) is 0 Å². The number of benzene rings is 1. The van der Waals surface area contributed by atoms with Crippen molar-refractivity contribution < 1.29 is 22.7 Å². The predicted octanol–water partition coefficient (Wildman–Crippen LogP) is 3.90. The summed E-state index contributed by atoms with van der Waals surface area (Å²) in [5.74, 6) is 0.156. The van der Waals surface area contributed by atoms with Gasteiger partial charge in [-0.3, -0.25) is 23.8 Å². The summed E-state index contributed by atoms with van der Waals surface area (Å²) in [5.41, 5.74) is 0.658. The van der Waals surface area contributed by atoms with Crippen LogP contribution >= 0.6 is 0 Å². The maximum Gasteiger partial charge on any atom is 0.416 e. The number of pyridine rings is 1. The fourth-order valence-corrected chi connectivity index (χ4v) is 5.75. The fourth-order valence-electron chi connectivity index (χ4n) is 5.75. The van der Waals surface area contributed by atoms with Crippen molar-refractivity contribution in [2.24, 2.45) is 5.92 Å². The van der Waals surface area contributed by atoms with E-state index in [1.54, 1.807) is 17.0 Å². The number of aromatic nitrogens is 3. The van der Waals surface area contributed by atoms with E-state index in [-0.39, 0.29) is 30.1 Å². The highest BCUT2D eigenvalue weighted by atomic mass is 19.4. The molecular formula is C27H32F3N5O3. The van der Waals surface area contributed by atoms with E-state index in [4.69, 9.17) is 4.74 Å². The van der Waals surface area contributed by atoms with Gasteiger partial charge in [-0.2, -0.15) is 13.2 Å². The number of carbonyl (C=O) groups is 1. The maximum atomic E-state index is 13.3. The molecule has 2 aliphatic heterocycles. The van der Waals surface area contributed by atoms with Crippen molar-refractivity contribution in [3.63, 3.8) is 0 Å². The van der Waals surface area contributed by atoms with Crippen molar-refractivity contribution in [3.8, 4) is 0 Å². The molecule has 0 N–H and O–H groups in total. The third-order valence-corrected chi connectivity index (χ3v) is 7.78. The number of piperidine rings is 2. The summed E-state index contributed by atoms with van der Waals surface area (Å²) in [6.45, 7) is 3.48. The minimum atomic E-state index is -4.51. The lowest BCUT2D eigenvalue weighted by Gasteiger charge is -2.37. The highest BCUT2D eigenvalue weighted by Gasteiger charge is 2.34. The first-order valence-electron chi connectivity index (χ1n) is 13.0. The third kappa shape index (κ3) is 5.35. The van der Waals surface area contributed by atoms with E-state index in [2.05, 4.69) is 9.88 Å². The van der Waals surface area contributed by atoms with Gasteiger partial charge >= 0.3 is 11.9 Å². The monoisotopic (exact) mass is 531 g/mol. The molecule has 8 nitrogen and oxygen atoms in total. The zero-order valence-electron chi connectivity index (χ0n) is 21.4. The molecule has 0 bridgehead atoms. The van der Waals surface area contributed by atoms with Crippen molar-refractivity contribution >= 4 is 16.9 Å². The molecule has 4 heterocycles. The molecule has 3 aromatic rings. The van der Waals surface area contributed by atoms with Crippen LogP contribution in [0.15, 0.2) is 47.5 Å². The van der Waals surface area contributed by atoms with Crippen LogP contribution in [0.2, 0.25) is 0 Å². The van der Waals surface area contributed by atoms with E-state index in [0.29, 0.717) is 31.4 Å². The van der Waals surface area contributed by atoms with E-state index in [9.17, 15) is 22.8 Å². The average molecular weight is 532 g/mol. The first kappa shape index (κ1) is 26.4. The van der Waals surface area contributed by atoms with Crippen LogP contribution in [0.4, 0.5) is 13.2 Å². The molecule has 38 heavy (non-hydrogen) atoms. The Morgan fingerprint density at radius 3 is 2.32 bits per heavy atom. The van der Waals surface area contributed by atoms with Gasteiger partial charge < -0.3 is 9.64 Å². The van der Waals surface area contributed by atoms with Crippen LogP contribution in [0.5, 0.6) is 0 Å². The van der Waals surface area contributed by atoms with Gasteiger partial charge in [-0.1, -0.05) is 0 Å².